The second-order valence-corrected chi connectivity index (χ2v) is 5.18. The van der Waals surface area contributed by atoms with E-state index in [1.807, 2.05) is 0 Å². The van der Waals surface area contributed by atoms with Gasteiger partial charge in [0.1, 0.15) is 12.4 Å². The fourth-order valence-corrected chi connectivity index (χ4v) is 1.94. The summed E-state index contributed by atoms with van der Waals surface area (Å²) in [6.45, 7) is 0.989. The van der Waals surface area contributed by atoms with Gasteiger partial charge in [0.2, 0.25) is 0 Å². The summed E-state index contributed by atoms with van der Waals surface area (Å²) in [6.07, 6.45) is -1.03. The van der Waals surface area contributed by atoms with Crippen molar-refractivity contribution in [2.75, 3.05) is 11.9 Å². The summed E-state index contributed by atoms with van der Waals surface area (Å²) in [5, 5.41) is 4.91. The number of benzene rings is 2. The van der Waals surface area contributed by atoms with Gasteiger partial charge in [0.05, 0.1) is 0 Å². The third kappa shape index (κ3) is 5.72. The van der Waals surface area contributed by atoms with Crippen molar-refractivity contribution in [2.45, 2.75) is 13.0 Å². The minimum absolute atomic E-state index is 0.0858. The first-order chi connectivity index (χ1) is 12.0. The molecule has 0 aliphatic heterocycles. The molecule has 25 heavy (non-hydrogen) atoms. The summed E-state index contributed by atoms with van der Waals surface area (Å²) in [6, 6.07) is 13.8. The lowest BCUT2D eigenvalue weighted by Gasteiger charge is -2.14. The van der Waals surface area contributed by atoms with E-state index in [1.165, 1.54) is 25.1 Å². The zero-order chi connectivity index (χ0) is 18.2. The van der Waals surface area contributed by atoms with Crippen molar-refractivity contribution < 1.29 is 23.5 Å². The van der Waals surface area contributed by atoms with Crippen LogP contribution in [0.25, 0.3) is 0 Å². The number of hydrogen-bond acceptors (Lipinski definition) is 4. The Bertz CT molecular complexity index is 765. The van der Waals surface area contributed by atoms with Crippen molar-refractivity contribution in [3.63, 3.8) is 0 Å². The van der Waals surface area contributed by atoms with Crippen LogP contribution in [0.1, 0.15) is 17.3 Å². The van der Waals surface area contributed by atoms with Gasteiger partial charge in [-0.25, -0.2) is 4.39 Å². The Morgan fingerprint density at radius 2 is 1.80 bits per heavy atom. The number of para-hydroxylation sites is 1. The van der Waals surface area contributed by atoms with Crippen LogP contribution in [0.4, 0.5) is 10.1 Å². The lowest BCUT2D eigenvalue weighted by molar-refractivity contribution is -0.152. The van der Waals surface area contributed by atoms with Crippen LogP contribution in [0.2, 0.25) is 0 Å². The van der Waals surface area contributed by atoms with E-state index in [9.17, 15) is 18.8 Å². The molecule has 0 aliphatic carbocycles. The predicted octanol–water partition coefficient (Wildman–Crippen LogP) is 2.13. The lowest BCUT2D eigenvalue weighted by atomic mass is 10.2. The molecule has 0 heterocycles. The third-order valence-electron chi connectivity index (χ3n) is 3.20. The van der Waals surface area contributed by atoms with Crippen molar-refractivity contribution >= 4 is 23.5 Å². The van der Waals surface area contributed by atoms with Crippen LogP contribution >= 0.6 is 0 Å². The van der Waals surface area contributed by atoms with Crippen molar-refractivity contribution in [3.05, 3.63) is 66.0 Å². The van der Waals surface area contributed by atoms with Crippen LogP contribution in [0, 0.1) is 5.82 Å². The van der Waals surface area contributed by atoms with E-state index in [4.69, 9.17) is 4.74 Å². The topological polar surface area (TPSA) is 84.5 Å². The smallest absolute Gasteiger partial charge is 0.326 e. The summed E-state index contributed by atoms with van der Waals surface area (Å²) in [5.74, 6) is -2.43. The van der Waals surface area contributed by atoms with Gasteiger partial charge in [0.25, 0.3) is 11.8 Å². The molecule has 0 bridgehead atoms. The highest BCUT2D eigenvalue weighted by atomic mass is 19.1. The average Bonchev–Trinajstić information content (AvgIpc) is 2.60. The number of anilines is 1. The Balaban J connectivity index is 1.79. The zero-order valence-electron chi connectivity index (χ0n) is 13.5. The van der Waals surface area contributed by atoms with Gasteiger partial charge >= 0.3 is 5.97 Å². The van der Waals surface area contributed by atoms with Crippen LogP contribution in [-0.4, -0.2) is 30.4 Å². The van der Waals surface area contributed by atoms with Crippen molar-refractivity contribution in [1.82, 2.24) is 5.32 Å². The molecule has 1 atom stereocenters. The van der Waals surface area contributed by atoms with Crippen LogP contribution < -0.4 is 10.6 Å². The molecule has 130 valence electrons. The Morgan fingerprint density at radius 1 is 1.08 bits per heavy atom. The molecule has 0 aliphatic rings. The second kappa shape index (κ2) is 8.58. The monoisotopic (exact) mass is 344 g/mol. The number of hydrogen-bond donors (Lipinski definition) is 2. The predicted molar refractivity (Wildman–Crippen MR) is 89.4 cm³/mol. The molecule has 0 unspecified atom stereocenters. The summed E-state index contributed by atoms with van der Waals surface area (Å²) in [5.41, 5.74) is 0.664. The lowest BCUT2D eigenvalue weighted by Crippen LogP contribution is -2.35. The van der Waals surface area contributed by atoms with Gasteiger partial charge < -0.3 is 15.4 Å². The van der Waals surface area contributed by atoms with E-state index >= 15 is 0 Å². The van der Waals surface area contributed by atoms with Gasteiger partial charge in [-0.05, 0) is 37.3 Å². The fourth-order valence-electron chi connectivity index (χ4n) is 1.94. The number of amides is 2. The highest BCUT2D eigenvalue weighted by Gasteiger charge is 2.18. The maximum absolute atomic E-state index is 13.1. The van der Waals surface area contributed by atoms with Gasteiger partial charge in [-0.15, -0.1) is 0 Å². The van der Waals surface area contributed by atoms with E-state index in [-0.39, 0.29) is 5.56 Å². The standard InChI is InChI=1S/C18H17FN2O4/c1-12(17(23)21-15-8-3-2-4-9-15)25-16(22)11-20-18(24)13-6-5-7-14(19)10-13/h2-10,12H,11H2,1H3,(H,20,24)(H,21,23)/t12-/m0/s1. The molecule has 2 amide bonds. The van der Waals surface area contributed by atoms with E-state index < -0.39 is 36.2 Å². The number of carbonyl (C=O) groups excluding carboxylic acids is 3. The normalized spacial score (nSPS) is 11.3. The molecular formula is C18H17FN2O4. The molecule has 0 saturated carbocycles. The summed E-state index contributed by atoms with van der Waals surface area (Å²) in [4.78, 5) is 35.4. The van der Waals surface area contributed by atoms with Crippen LogP contribution in [0.3, 0.4) is 0 Å². The molecule has 2 aromatic carbocycles. The first kappa shape index (κ1) is 18.1. The maximum Gasteiger partial charge on any atom is 0.326 e. The molecule has 7 heteroatoms. The number of esters is 1. The van der Waals surface area contributed by atoms with Gasteiger partial charge in [-0.3, -0.25) is 14.4 Å². The van der Waals surface area contributed by atoms with Crippen LogP contribution in [-0.2, 0) is 14.3 Å². The first-order valence-corrected chi connectivity index (χ1v) is 7.55. The number of nitrogens with one attached hydrogen (secondary N) is 2. The van der Waals surface area contributed by atoms with Gasteiger partial charge in [0.15, 0.2) is 6.10 Å². The van der Waals surface area contributed by atoms with Gasteiger partial charge in [0, 0.05) is 11.3 Å². The molecule has 0 radical (unpaired) electrons. The summed E-state index contributed by atoms with van der Waals surface area (Å²) >= 11 is 0. The maximum atomic E-state index is 13.1. The number of rotatable bonds is 6. The zero-order valence-corrected chi connectivity index (χ0v) is 13.5. The Hall–Kier alpha value is -3.22. The SMILES string of the molecule is C[C@H](OC(=O)CNC(=O)c1cccc(F)c1)C(=O)Nc1ccccc1. The minimum atomic E-state index is -1.03. The van der Waals surface area contributed by atoms with E-state index in [1.54, 1.807) is 30.3 Å². The Morgan fingerprint density at radius 3 is 2.48 bits per heavy atom. The van der Waals surface area contributed by atoms with Gasteiger partial charge in [-0.1, -0.05) is 24.3 Å². The molecular weight excluding hydrogens is 327 g/mol. The number of ether oxygens (including phenoxy) is 1. The minimum Gasteiger partial charge on any atom is -0.451 e. The number of halogens is 1. The van der Waals surface area contributed by atoms with Gasteiger partial charge in [-0.2, -0.15) is 0 Å². The fraction of sp³-hybridized carbons (Fsp3) is 0.167. The highest BCUT2D eigenvalue weighted by Crippen LogP contribution is 2.07. The van der Waals surface area contributed by atoms with Crippen LogP contribution in [0.15, 0.2) is 54.6 Å². The van der Waals surface area contributed by atoms with Crippen LogP contribution in [0.5, 0.6) is 0 Å². The average molecular weight is 344 g/mol. The Kier molecular flexibility index (Phi) is 6.22. The summed E-state index contributed by atoms with van der Waals surface area (Å²) < 4.78 is 18.0. The molecule has 0 fully saturated rings. The van der Waals surface area contributed by atoms with Crippen molar-refractivity contribution in [1.29, 1.82) is 0 Å². The van der Waals surface area contributed by atoms with E-state index in [2.05, 4.69) is 10.6 Å². The summed E-state index contributed by atoms with van der Waals surface area (Å²) in [7, 11) is 0. The van der Waals surface area contributed by atoms with E-state index in [0.717, 1.165) is 6.07 Å². The number of carbonyl (C=O) groups is 3. The highest BCUT2D eigenvalue weighted by molar-refractivity contribution is 5.97. The quantitative estimate of drug-likeness (QED) is 0.786. The van der Waals surface area contributed by atoms with Crippen molar-refractivity contribution in [3.8, 4) is 0 Å². The molecule has 2 rings (SSSR count). The molecule has 0 saturated heterocycles. The largest absolute Gasteiger partial charge is 0.451 e. The van der Waals surface area contributed by atoms with E-state index in [0.29, 0.717) is 5.69 Å². The van der Waals surface area contributed by atoms with Crippen molar-refractivity contribution in [2.24, 2.45) is 0 Å². The molecule has 0 aromatic heterocycles. The second-order valence-electron chi connectivity index (χ2n) is 5.18. The first-order valence-electron chi connectivity index (χ1n) is 7.55. The Labute approximate surface area is 144 Å². The molecule has 0 spiro atoms. The third-order valence-corrected chi connectivity index (χ3v) is 3.20. The molecule has 2 aromatic rings. The molecule has 2 N–H and O–H groups in total. The molecule has 6 nitrogen and oxygen atoms in total.